The van der Waals surface area contributed by atoms with Crippen LogP contribution in [0.4, 0.5) is 11.4 Å². The van der Waals surface area contributed by atoms with E-state index in [-0.39, 0.29) is 16.8 Å². The molecule has 0 N–H and O–H groups in total. The van der Waals surface area contributed by atoms with Gasteiger partial charge in [0, 0.05) is 30.9 Å². The van der Waals surface area contributed by atoms with E-state index in [1.165, 1.54) is 0 Å². The van der Waals surface area contributed by atoms with Gasteiger partial charge in [-0.25, -0.2) is 0 Å². The van der Waals surface area contributed by atoms with Crippen LogP contribution in [0.2, 0.25) is 0 Å². The number of rotatable bonds is 2. The summed E-state index contributed by atoms with van der Waals surface area (Å²) >= 11 is 5.90. The Labute approximate surface area is 129 Å². The summed E-state index contributed by atoms with van der Waals surface area (Å²) in [6.07, 6.45) is 5.14. The number of hydrogen-bond donors (Lipinski definition) is 0. The summed E-state index contributed by atoms with van der Waals surface area (Å²) < 4.78 is 0. The van der Waals surface area contributed by atoms with E-state index in [2.05, 4.69) is 0 Å². The minimum Gasteiger partial charge on any atom is -0.312 e. The maximum absolute atomic E-state index is 12.0. The highest BCUT2D eigenvalue weighted by molar-refractivity contribution is 6.44. The molecule has 2 aliphatic rings. The Hall–Kier alpha value is -1.81. The Morgan fingerprint density at radius 3 is 2.24 bits per heavy atom. The molecule has 0 saturated carbocycles. The molecule has 2 aliphatic heterocycles. The van der Waals surface area contributed by atoms with Crippen molar-refractivity contribution in [2.45, 2.75) is 25.7 Å². The summed E-state index contributed by atoms with van der Waals surface area (Å²) in [6.45, 7) is 1.41. The smallest absolute Gasteiger partial charge is 0.269 e. The zero-order valence-corrected chi connectivity index (χ0v) is 12.5. The van der Waals surface area contributed by atoms with Gasteiger partial charge in [0.1, 0.15) is 5.03 Å². The summed E-state index contributed by atoms with van der Waals surface area (Å²) in [5, 5.41) is 0.275. The molecule has 0 unspecified atom stereocenters. The van der Waals surface area contributed by atoms with Crippen molar-refractivity contribution in [3.63, 3.8) is 0 Å². The molecular weight excluding hydrogens is 288 g/mol. The lowest BCUT2D eigenvalue weighted by Crippen LogP contribution is -2.36. The zero-order chi connectivity index (χ0) is 14.8. The monoisotopic (exact) mass is 304 g/mol. The van der Waals surface area contributed by atoms with Gasteiger partial charge in [-0.3, -0.25) is 9.59 Å². The van der Waals surface area contributed by atoms with E-state index in [0.717, 1.165) is 37.2 Å². The van der Waals surface area contributed by atoms with Crippen LogP contribution in [0.25, 0.3) is 0 Å². The average Bonchev–Trinajstić information content (AvgIpc) is 2.51. The summed E-state index contributed by atoms with van der Waals surface area (Å²) in [5.41, 5.74) is 1.72. The molecule has 5 heteroatoms. The summed E-state index contributed by atoms with van der Waals surface area (Å²) in [6, 6.07) is 7.56. The molecule has 0 aromatic heterocycles. The highest BCUT2D eigenvalue weighted by atomic mass is 35.5. The number of benzene rings is 1. The number of nitrogens with zero attached hydrogens (tertiary/aromatic N) is 2. The lowest BCUT2D eigenvalue weighted by atomic mass is 10.1. The van der Waals surface area contributed by atoms with Crippen LogP contribution in [0.5, 0.6) is 0 Å². The highest BCUT2D eigenvalue weighted by Gasteiger charge is 2.23. The SMILES string of the molecule is O=C1CCCCN1c1ccc(N2CCC=C(Cl)C2=O)cc1. The first-order chi connectivity index (χ1) is 10.2. The Morgan fingerprint density at radius 1 is 0.905 bits per heavy atom. The Kier molecular flexibility index (Phi) is 3.97. The van der Waals surface area contributed by atoms with Crippen LogP contribution in [0.3, 0.4) is 0 Å². The molecule has 0 atom stereocenters. The normalized spacial score (nSPS) is 19.8. The minimum absolute atomic E-state index is 0.162. The van der Waals surface area contributed by atoms with Crippen molar-refractivity contribution in [1.29, 1.82) is 0 Å². The summed E-state index contributed by atoms with van der Waals surface area (Å²) in [4.78, 5) is 27.4. The fourth-order valence-electron chi connectivity index (χ4n) is 2.78. The van der Waals surface area contributed by atoms with Gasteiger partial charge in [-0.1, -0.05) is 17.7 Å². The number of hydrogen-bond acceptors (Lipinski definition) is 2. The predicted molar refractivity (Wildman–Crippen MR) is 83.6 cm³/mol. The van der Waals surface area contributed by atoms with Gasteiger partial charge in [-0.15, -0.1) is 0 Å². The van der Waals surface area contributed by atoms with Crippen LogP contribution in [0.1, 0.15) is 25.7 Å². The maximum Gasteiger partial charge on any atom is 0.269 e. The van der Waals surface area contributed by atoms with E-state index < -0.39 is 0 Å². The maximum atomic E-state index is 12.0. The quantitative estimate of drug-likeness (QED) is 0.842. The number of carbonyl (C=O) groups excluding carboxylic acids is 2. The van der Waals surface area contributed by atoms with Crippen LogP contribution < -0.4 is 9.80 Å². The van der Waals surface area contributed by atoms with Gasteiger partial charge in [0.05, 0.1) is 0 Å². The van der Waals surface area contributed by atoms with Crippen LogP contribution in [0, 0.1) is 0 Å². The minimum atomic E-state index is -0.162. The van der Waals surface area contributed by atoms with Gasteiger partial charge in [0.2, 0.25) is 5.91 Å². The second-order valence-electron chi connectivity index (χ2n) is 5.32. The molecule has 2 heterocycles. The van der Waals surface area contributed by atoms with Crippen LogP contribution in [-0.2, 0) is 9.59 Å². The van der Waals surface area contributed by atoms with Crippen LogP contribution in [-0.4, -0.2) is 24.9 Å². The van der Waals surface area contributed by atoms with Crippen LogP contribution in [0.15, 0.2) is 35.4 Å². The van der Waals surface area contributed by atoms with Crippen molar-refractivity contribution in [2.24, 2.45) is 0 Å². The van der Waals surface area contributed by atoms with Gasteiger partial charge in [-0.2, -0.15) is 0 Å². The first-order valence-corrected chi connectivity index (χ1v) is 7.62. The molecule has 4 nitrogen and oxygen atoms in total. The lowest BCUT2D eigenvalue weighted by Gasteiger charge is -2.28. The van der Waals surface area contributed by atoms with Gasteiger partial charge in [0.15, 0.2) is 0 Å². The second kappa shape index (κ2) is 5.90. The molecule has 0 radical (unpaired) electrons. The van der Waals surface area contributed by atoms with Crippen molar-refractivity contribution < 1.29 is 9.59 Å². The predicted octanol–water partition coefficient (Wildman–Crippen LogP) is 3.06. The van der Waals surface area contributed by atoms with E-state index in [1.807, 2.05) is 29.2 Å². The second-order valence-corrected chi connectivity index (χ2v) is 5.72. The number of amides is 2. The van der Waals surface area contributed by atoms with Crippen molar-refractivity contribution in [1.82, 2.24) is 0 Å². The third kappa shape index (κ3) is 2.81. The van der Waals surface area contributed by atoms with Crippen LogP contribution >= 0.6 is 11.6 Å². The molecule has 3 rings (SSSR count). The van der Waals surface area contributed by atoms with Gasteiger partial charge >= 0.3 is 0 Å². The molecule has 1 aromatic carbocycles. The third-order valence-corrected chi connectivity index (χ3v) is 4.24. The molecular formula is C16H17ClN2O2. The number of carbonyl (C=O) groups is 2. The molecule has 1 aromatic rings. The zero-order valence-electron chi connectivity index (χ0n) is 11.7. The molecule has 1 fully saturated rings. The molecule has 0 bridgehead atoms. The Bertz CT molecular complexity index is 595. The topological polar surface area (TPSA) is 40.6 Å². The fourth-order valence-corrected chi connectivity index (χ4v) is 2.99. The Balaban J connectivity index is 1.79. The lowest BCUT2D eigenvalue weighted by molar-refractivity contribution is -0.119. The molecule has 2 amide bonds. The molecule has 0 aliphatic carbocycles. The van der Waals surface area contributed by atoms with Gasteiger partial charge < -0.3 is 9.80 Å². The number of halogens is 1. The van der Waals surface area contributed by atoms with E-state index in [9.17, 15) is 9.59 Å². The Morgan fingerprint density at radius 2 is 1.57 bits per heavy atom. The van der Waals surface area contributed by atoms with Crippen molar-refractivity contribution in [3.8, 4) is 0 Å². The molecule has 1 saturated heterocycles. The fraction of sp³-hybridized carbons (Fsp3) is 0.375. The number of anilines is 2. The first kappa shape index (κ1) is 14.1. The first-order valence-electron chi connectivity index (χ1n) is 7.25. The van der Waals surface area contributed by atoms with Crippen molar-refractivity contribution >= 4 is 34.8 Å². The van der Waals surface area contributed by atoms with E-state index in [4.69, 9.17) is 11.6 Å². The molecule has 110 valence electrons. The van der Waals surface area contributed by atoms with Crippen molar-refractivity contribution in [2.75, 3.05) is 22.9 Å². The highest BCUT2D eigenvalue weighted by Crippen LogP contribution is 2.27. The van der Waals surface area contributed by atoms with E-state index in [1.54, 1.807) is 11.0 Å². The summed E-state index contributed by atoms with van der Waals surface area (Å²) in [5.74, 6) is 0.0127. The third-order valence-electron chi connectivity index (χ3n) is 3.92. The van der Waals surface area contributed by atoms with Crippen molar-refractivity contribution in [3.05, 3.63) is 35.4 Å². The standard InChI is InChI=1S/C16H17ClN2O2/c17-14-4-3-11-19(16(14)21)13-8-6-12(7-9-13)18-10-2-1-5-15(18)20/h4,6-9H,1-3,5,10-11H2. The van der Waals surface area contributed by atoms with E-state index in [0.29, 0.717) is 13.0 Å². The largest absolute Gasteiger partial charge is 0.312 e. The number of piperidine rings is 1. The van der Waals surface area contributed by atoms with Gasteiger partial charge in [0.25, 0.3) is 5.91 Å². The average molecular weight is 305 g/mol. The molecule has 21 heavy (non-hydrogen) atoms. The van der Waals surface area contributed by atoms with Gasteiger partial charge in [-0.05, 0) is 43.5 Å². The van der Waals surface area contributed by atoms with E-state index >= 15 is 0 Å². The summed E-state index contributed by atoms with van der Waals surface area (Å²) in [7, 11) is 0. The molecule has 0 spiro atoms.